The smallest absolute Gasteiger partial charge is 0.191 e. The zero-order chi connectivity index (χ0) is 34.7. The van der Waals surface area contributed by atoms with Crippen LogP contribution in [-0.4, -0.2) is 20.9 Å². The number of rotatable bonds is 11. The summed E-state index contributed by atoms with van der Waals surface area (Å²) < 4.78 is 0. The van der Waals surface area contributed by atoms with Gasteiger partial charge in [0.25, 0.3) is 0 Å². The van der Waals surface area contributed by atoms with Gasteiger partial charge in [0.15, 0.2) is 11.5 Å². The molecule has 0 amide bonds. The molecule has 0 aliphatic heterocycles. The zero-order valence-corrected chi connectivity index (χ0v) is 32.4. The first-order chi connectivity index (χ1) is 22.5. The molecule has 4 aromatic rings. The maximum absolute atomic E-state index is 11.7. The summed E-state index contributed by atoms with van der Waals surface area (Å²) in [7, 11) is 0. The zero-order valence-electron chi connectivity index (χ0n) is 30.0. The van der Waals surface area contributed by atoms with Crippen LogP contribution in [0.5, 0.6) is 0 Å². The van der Waals surface area contributed by atoms with E-state index in [0.29, 0.717) is 5.69 Å². The van der Waals surface area contributed by atoms with Crippen molar-refractivity contribution in [2.45, 2.75) is 94.4 Å². The van der Waals surface area contributed by atoms with Crippen LogP contribution < -0.4 is 0 Å². The molecule has 0 atom stereocenters. The molecule has 48 heavy (non-hydrogen) atoms. The Morgan fingerprint density at radius 2 is 1.48 bits per heavy atom. The number of aryl methyl sites for hydroxylation is 4. The van der Waals surface area contributed by atoms with Gasteiger partial charge in [0.05, 0.1) is 23.7 Å². The molecule has 0 saturated heterocycles. The molecule has 0 spiro atoms. The third-order valence-corrected chi connectivity index (χ3v) is 8.65. The van der Waals surface area contributed by atoms with Crippen molar-refractivity contribution in [2.75, 3.05) is 0 Å². The van der Waals surface area contributed by atoms with Crippen LogP contribution in [0.2, 0.25) is 0 Å². The first kappa shape index (κ1) is 40.3. The molecule has 6 heteroatoms. The normalized spacial score (nSPS) is 11.1. The molecule has 3 aromatic carbocycles. The van der Waals surface area contributed by atoms with Crippen LogP contribution in [0.4, 0.5) is 5.69 Å². The minimum absolute atomic E-state index is 0. The van der Waals surface area contributed by atoms with Crippen LogP contribution >= 0.6 is 0 Å². The summed E-state index contributed by atoms with van der Waals surface area (Å²) in [6, 6.07) is 20.0. The van der Waals surface area contributed by atoms with Crippen molar-refractivity contribution in [3.63, 3.8) is 0 Å². The standard InChI is InChI=1S/C29H26N3.C13H24O2.Ir/c1-7-24-25(9-8-10-26(24)30-6)27-17-31-28(22-13-18(2)11-19(3)14-22)29(32-27)23-15-20(4)12-21(5)16-23;1-5-10(6-2)12(14)9-13(15)11(7-3)8-4;/h8-13,15-17H,7H2,1-5H3;9-11,14H,5-8H2,1-4H3;/q-1;;/b;12-9-;. The number of benzene rings is 3. The van der Waals surface area contributed by atoms with Crippen molar-refractivity contribution in [2.24, 2.45) is 11.8 Å². The molecule has 1 aromatic heterocycles. The molecule has 1 radical (unpaired) electrons. The van der Waals surface area contributed by atoms with Gasteiger partial charge in [-0.25, -0.2) is 4.85 Å². The van der Waals surface area contributed by atoms with E-state index in [9.17, 15) is 9.90 Å². The molecule has 4 rings (SSSR count). The second-order valence-electron chi connectivity index (χ2n) is 12.4. The number of hydrogen-bond donors (Lipinski definition) is 1. The van der Waals surface area contributed by atoms with E-state index in [0.717, 1.165) is 77.0 Å². The van der Waals surface area contributed by atoms with E-state index in [2.05, 4.69) is 75.9 Å². The van der Waals surface area contributed by atoms with Gasteiger partial charge in [-0.15, -0.1) is 34.9 Å². The fourth-order valence-electron chi connectivity index (χ4n) is 6.12. The minimum Gasteiger partial charge on any atom is -0.512 e. The number of hydrogen-bond acceptors (Lipinski definition) is 4. The molecule has 0 unspecified atom stereocenters. The molecular weight excluding hydrogens is 771 g/mol. The molecule has 5 nitrogen and oxygen atoms in total. The van der Waals surface area contributed by atoms with Gasteiger partial charge in [0.2, 0.25) is 0 Å². The summed E-state index contributed by atoms with van der Waals surface area (Å²) in [6.45, 7) is 26.0. The predicted molar refractivity (Wildman–Crippen MR) is 196 cm³/mol. The number of carbonyl (C=O) groups excluding carboxylic acids is 1. The monoisotopic (exact) mass is 821 g/mol. The number of aromatic nitrogens is 2. The van der Waals surface area contributed by atoms with E-state index in [-0.39, 0.29) is 43.5 Å². The van der Waals surface area contributed by atoms with E-state index >= 15 is 0 Å². The first-order valence-electron chi connectivity index (χ1n) is 16.9. The number of ketones is 1. The van der Waals surface area contributed by atoms with Crippen molar-refractivity contribution < 1.29 is 30.0 Å². The SMILES string of the molecule is CCC(CC)C(=O)/C=C(\O)C(CC)CC.[C-]#[N+]c1cccc(-c2cnc(-c3[c-]c(C)cc(C)c3)c(-c3cc(C)cc(C)c3)n2)c1CC.[Ir]. The quantitative estimate of drug-likeness (QED) is 0.0930. The molecule has 0 bridgehead atoms. The fourth-order valence-corrected chi connectivity index (χ4v) is 6.12. The first-order valence-corrected chi connectivity index (χ1v) is 16.9. The number of nitrogens with zero attached hydrogens (tertiary/aromatic N) is 3. The maximum atomic E-state index is 11.7. The van der Waals surface area contributed by atoms with Crippen molar-refractivity contribution in [1.82, 2.24) is 9.97 Å². The Hall–Kier alpha value is -3.91. The number of aliphatic hydroxyl groups is 1. The van der Waals surface area contributed by atoms with E-state index in [1.165, 1.54) is 22.8 Å². The van der Waals surface area contributed by atoms with E-state index in [1.54, 1.807) is 0 Å². The van der Waals surface area contributed by atoms with Crippen molar-refractivity contribution >= 4 is 11.5 Å². The van der Waals surface area contributed by atoms with Gasteiger partial charge in [0.1, 0.15) is 0 Å². The fraction of sp³-hybridized carbons (Fsp3) is 0.381. The average Bonchev–Trinajstić information content (AvgIpc) is 3.04. The Bertz CT molecular complexity index is 1720. The average molecular weight is 821 g/mol. The summed E-state index contributed by atoms with van der Waals surface area (Å²) in [5, 5.41) is 9.76. The number of allylic oxidation sites excluding steroid dienone is 2. The van der Waals surface area contributed by atoms with Crippen molar-refractivity contribution in [3.8, 4) is 33.8 Å². The molecule has 255 valence electrons. The molecule has 0 aliphatic rings. The summed E-state index contributed by atoms with van der Waals surface area (Å²) in [5.74, 6) is 0.547. The van der Waals surface area contributed by atoms with Crippen LogP contribution in [0.15, 0.2) is 66.6 Å². The Balaban J connectivity index is 0.000000427. The largest absolute Gasteiger partial charge is 0.512 e. The van der Waals surface area contributed by atoms with Crippen molar-refractivity contribution in [1.29, 1.82) is 0 Å². The van der Waals surface area contributed by atoms with Crippen molar-refractivity contribution in [3.05, 3.63) is 112 Å². The number of aliphatic hydroxyl groups excluding tert-OH is 1. The van der Waals surface area contributed by atoms with Crippen LogP contribution in [0.3, 0.4) is 0 Å². The number of carbonyl (C=O) groups is 1. The Morgan fingerprint density at radius 1 is 0.875 bits per heavy atom. The summed E-state index contributed by atoms with van der Waals surface area (Å²) in [6.07, 6.45) is 7.50. The van der Waals surface area contributed by atoms with Crippen LogP contribution in [0.25, 0.3) is 38.6 Å². The Morgan fingerprint density at radius 3 is 2.02 bits per heavy atom. The van der Waals surface area contributed by atoms with Gasteiger partial charge in [-0.1, -0.05) is 96.0 Å². The van der Waals surface area contributed by atoms with Gasteiger partial charge < -0.3 is 10.1 Å². The molecule has 0 fully saturated rings. The molecule has 0 aliphatic carbocycles. The third-order valence-electron chi connectivity index (χ3n) is 8.65. The van der Waals surface area contributed by atoms with Gasteiger partial charge in [0, 0.05) is 49.9 Å². The molecular formula is C42H50IrN3O2-. The van der Waals surface area contributed by atoms with Gasteiger partial charge in [-0.3, -0.25) is 9.78 Å². The van der Waals surface area contributed by atoms with Crippen LogP contribution in [-0.2, 0) is 31.3 Å². The summed E-state index contributed by atoms with van der Waals surface area (Å²) in [5.41, 5.74) is 11.7. The van der Waals surface area contributed by atoms with E-state index < -0.39 is 0 Å². The van der Waals surface area contributed by atoms with Crippen LogP contribution in [0.1, 0.15) is 88.1 Å². The van der Waals surface area contributed by atoms with Gasteiger partial charge >= 0.3 is 0 Å². The van der Waals surface area contributed by atoms with E-state index in [1.807, 2.05) is 52.1 Å². The summed E-state index contributed by atoms with van der Waals surface area (Å²) >= 11 is 0. The minimum atomic E-state index is 0. The van der Waals surface area contributed by atoms with Gasteiger partial charge in [-0.05, 0) is 62.6 Å². The Kier molecular flexibility index (Phi) is 16.1. The Labute approximate surface area is 302 Å². The third kappa shape index (κ3) is 10.3. The van der Waals surface area contributed by atoms with Crippen LogP contribution in [0, 0.1) is 52.2 Å². The molecule has 1 N–H and O–H groups in total. The predicted octanol–water partition coefficient (Wildman–Crippen LogP) is 11.5. The van der Waals surface area contributed by atoms with E-state index in [4.69, 9.17) is 16.5 Å². The van der Waals surface area contributed by atoms with Gasteiger partial charge in [-0.2, -0.15) is 0 Å². The molecule has 1 heterocycles. The summed E-state index contributed by atoms with van der Waals surface area (Å²) in [4.78, 5) is 25.5. The second kappa shape index (κ2) is 19.2. The second-order valence-corrected chi connectivity index (χ2v) is 12.4. The maximum Gasteiger partial charge on any atom is 0.191 e. The topological polar surface area (TPSA) is 67.4 Å². The molecule has 0 saturated carbocycles.